The lowest BCUT2D eigenvalue weighted by atomic mass is 9.90. The van der Waals surface area contributed by atoms with Crippen molar-refractivity contribution >= 4 is 65.5 Å². The van der Waals surface area contributed by atoms with Crippen LogP contribution in [0.3, 0.4) is 0 Å². The smallest absolute Gasteiger partial charge is 0.262 e. The maximum atomic E-state index is 13.8. The summed E-state index contributed by atoms with van der Waals surface area (Å²) in [7, 11) is -8.12. The van der Waals surface area contributed by atoms with Crippen LogP contribution in [0.25, 0.3) is 10.8 Å². The highest BCUT2D eigenvalue weighted by atomic mass is 35.5. The molecule has 0 unspecified atom stereocenters. The zero-order valence-corrected chi connectivity index (χ0v) is 27.3. The summed E-state index contributed by atoms with van der Waals surface area (Å²) in [6, 6.07) is 24.3. The van der Waals surface area contributed by atoms with Gasteiger partial charge in [-0.15, -0.1) is 11.6 Å². The van der Waals surface area contributed by atoms with E-state index in [1.807, 2.05) is 6.07 Å². The lowest BCUT2D eigenvalue weighted by Crippen LogP contribution is -2.40. The summed E-state index contributed by atoms with van der Waals surface area (Å²) in [6.07, 6.45) is 0.794. The van der Waals surface area contributed by atoms with Gasteiger partial charge >= 0.3 is 0 Å². The second kappa shape index (κ2) is 12.9. The minimum atomic E-state index is -4.13. The molecular formula is C33H34ClN3O6S2. The van der Waals surface area contributed by atoms with Gasteiger partial charge in [0.05, 0.1) is 15.2 Å². The monoisotopic (exact) mass is 667 g/mol. The number of halogens is 1. The summed E-state index contributed by atoms with van der Waals surface area (Å²) >= 11 is 5.88. The average molecular weight is 668 g/mol. The quantitative estimate of drug-likeness (QED) is 0.155. The van der Waals surface area contributed by atoms with Gasteiger partial charge < -0.3 is 5.32 Å². The van der Waals surface area contributed by atoms with Crippen LogP contribution >= 0.6 is 11.6 Å². The predicted octanol–water partition coefficient (Wildman–Crippen LogP) is 6.13. The molecule has 0 aromatic heterocycles. The highest BCUT2D eigenvalue weighted by Crippen LogP contribution is 2.33. The number of hydrogen-bond acceptors (Lipinski definition) is 6. The third-order valence-electron chi connectivity index (χ3n) is 7.98. The molecule has 0 bridgehead atoms. The Morgan fingerprint density at radius 2 is 1.33 bits per heavy atom. The normalized spacial score (nSPS) is 15.1. The highest BCUT2D eigenvalue weighted by Gasteiger charge is 2.34. The van der Waals surface area contributed by atoms with Crippen LogP contribution in [0.4, 0.5) is 11.4 Å². The SMILES string of the molecule is CC(C)(CCl)C(=O)Nc1ccc(NS(=O)(=O)c2cccc3c(S(=O)(=O)N4CCC(C(=O)c5ccccc5)CC4)cccc23)cc1. The number of hydrogen-bond donors (Lipinski definition) is 2. The van der Waals surface area contributed by atoms with Gasteiger partial charge in [0, 0.05) is 52.6 Å². The van der Waals surface area contributed by atoms with Crippen molar-refractivity contribution in [3.8, 4) is 0 Å². The van der Waals surface area contributed by atoms with E-state index in [-0.39, 0.29) is 62.8 Å². The van der Waals surface area contributed by atoms with Gasteiger partial charge in [0.2, 0.25) is 15.9 Å². The van der Waals surface area contributed by atoms with Crippen LogP contribution in [0.5, 0.6) is 0 Å². The number of carbonyl (C=O) groups excluding carboxylic acids is 2. The van der Waals surface area contributed by atoms with Gasteiger partial charge in [-0.1, -0.05) is 54.6 Å². The van der Waals surface area contributed by atoms with E-state index in [9.17, 15) is 26.4 Å². The standard InChI is InChI=1S/C33H34ClN3O6S2/c1-33(2,22-34)32(39)35-25-14-16-26(17-15-25)36-44(40,41)29-12-6-11-28-27(29)10-7-13-30(28)45(42,43)37-20-18-24(19-21-37)31(38)23-8-4-3-5-9-23/h3-17,24,36H,18-22H2,1-2H3,(H,35,39). The van der Waals surface area contributed by atoms with E-state index < -0.39 is 25.5 Å². The molecule has 2 N–H and O–H groups in total. The van der Waals surface area contributed by atoms with Crippen LogP contribution in [0.15, 0.2) is 101 Å². The topological polar surface area (TPSA) is 130 Å². The zero-order chi connectivity index (χ0) is 32.4. The first-order valence-electron chi connectivity index (χ1n) is 14.4. The first kappa shape index (κ1) is 32.6. The van der Waals surface area contributed by atoms with E-state index >= 15 is 0 Å². The number of anilines is 2. The van der Waals surface area contributed by atoms with Crippen molar-refractivity contribution in [3.05, 3.63) is 96.6 Å². The van der Waals surface area contributed by atoms with Gasteiger partial charge in [-0.2, -0.15) is 4.31 Å². The Morgan fingerprint density at radius 3 is 1.93 bits per heavy atom. The molecule has 4 aromatic carbocycles. The molecule has 5 rings (SSSR count). The molecule has 1 saturated heterocycles. The molecule has 1 amide bonds. The summed E-state index contributed by atoms with van der Waals surface area (Å²) in [5.41, 5.74) is 0.581. The molecule has 0 spiro atoms. The summed E-state index contributed by atoms with van der Waals surface area (Å²) in [4.78, 5) is 25.3. The molecule has 1 heterocycles. The van der Waals surface area contributed by atoms with Gasteiger partial charge in [-0.25, -0.2) is 16.8 Å². The second-order valence-corrected chi connectivity index (χ2v) is 15.5. The van der Waals surface area contributed by atoms with Crippen molar-refractivity contribution in [2.24, 2.45) is 11.3 Å². The molecule has 1 fully saturated rings. The van der Waals surface area contributed by atoms with Crippen molar-refractivity contribution < 1.29 is 26.4 Å². The number of benzene rings is 4. The van der Waals surface area contributed by atoms with Crippen molar-refractivity contribution in [3.63, 3.8) is 0 Å². The zero-order valence-electron chi connectivity index (χ0n) is 24.9. The Bertz CT molecular complexity index is 1940. The van der Waals surface area contributed by atoms with E-state index in [2.05, 4.69) is 10.0 Å². The van der Waals surface area contributed by atoms with Gasteiger partial charge in [0.1, 0.15) is 0 Å². The molecule has 0 radical (unpaired) electrons. The molecule has 45 heavy (non-hydrogen) atoms. The molecule has 9 nitrogen and oxygen atoms in total. The summed E-state index contributed by atoms with van der Waals surface area (Å²) in [6.45, 7) is 3.80. The summed E-state index contributed by atoms with van der Waals surface area (Å²) < 4.78 is 58.6. The fourth-order valence-electron chi connectivity index (χ4n) is 5.24. The van der Waals surface area contributed by atoms with Gasteiger partial charge in [-0.05, 0) is 63.1 Å². The lowest BCUT2D eigenvalue weighted by Gasteiger charge is -2.31. The van der Waals surface area contributed by atoms with Crippen LogP contribution in [0.2, 0.25) is 0 Å². The average Bonchev–Trinajstić information content (AvgIpc) is 3.05. The fourth-order valence-corrected chi connectivity index (χ4v) is 8.32. The van der Waals surface area contributed by atoms with E-state index in [0.29, 0.717) is 24.1 Å². The Hall–Kier alpha value is -3.77. The molecule has 4 aromatic rings. The number of fused-ring (bicyclic) bond motifs is 1. The molecule has 236 valence electrons. The molecule has 12 heteroatoms. The number of amides is 1. The molecule has 1 aliphatic rings. The van der Waals surface area contributed by atoms with Crippen molar-refractivity contribution in [2.75, 3.05) is 29.0 Å². The first-order chi connectivity index (χ1) is 21.3. The fraction of sp³-hybridized carbons (Fsp3) is 0.273. The van der Waals surface area contributed by atoms with Crippen LogP contribution in [-0.2, 0) is 24.8 Å². The van der Waals surface area contributed by atoms with Crippen LogP contribution in [0, 0.1) is 11.3 Å². The number of alkyl halides is 1. The van der Waals surface area contributed by atoms with Crippen molar-refractivity contribution in [2.45, 2.75) is 36.5 Å². The molecule has 0 saturated carbocycles. The second-order valence-electron chi connectivity index (χ2n) is 11.7. The number of rotatable bonds is 10. The minimum absolute atomic E-state index is 0.00449. The number of nitrogens with zero attached hydrogens (tertiary/aromatic N) is 1. The number of carbonyl (C=O) groups is 2. The maximum absolute atomic E-state index is 13.8. The van der Waals surface area contributed by atoms with Gasteiger partial charge in [0.25, 0.3) is 10.0 Å². The third kappa shape index (κ3) is 6.91. The Morgan fingerprint density at radius 1 is 0.778 bits per heavy atom. The first-order valence-corrected chi connectivity index (χ1v) is 17.9. The Kier molecular flexibility index (Phi) is 9.36. The Labute approximate surface area is 268 Å². The largest absolute Gasteiger partial charge is 0.326 e. The van der Waals surface area contributed by atoms with Crippen molar-refractivity contribution in [1.29, 1.82) is 0 Å². The van der Waals surface area contributed by atoms with E-state index in [0.717, 1.165) is 0 Å². The van der Waals surface area contributed by atoms with E-state index in [1.165, 1.54) is 40.7 Å². The Balaban J connectivity index is 1.35. The summed E-state index contributed by atoms with van der Waals surface area (Å²) in [5, 5.41) is 3.30. The van der Waals surface area contributed by atoms with Gasteiger partial charge in [0.15, 0.2) is 5.78 Å². The van der Waals surface area contributed by atoms with Crippen LogP contribution in [0.1, 0.15) is 37.0 Å². The minimum Gasteiger partial charge on any atom is -0.326 e. The van der Waals surface area contributed by atoms with E-state index in [4.69, 9.17) is 11.6 Å². The molecular weight excluding hydrogens is 634 g/mol. The number of sulfonamides is 2. The molecule has 0 aliphatic carbocycles. The van der Waals surface area contributed by atoms with Gasteiger partial charge in [-0.3, -0.25) is 14.3 Å². The molecule has 0 atom stereocenters. The van der Waals surface area contributed by atoms with Crippen LogP contribution < -0.4 is 10.0 Å². The highest BCUT2D eigenvalue weighted by molar-refractivity contribution is 7.93. The van der Waals surface area contributed by atoms with Crippen LogP contribution in [-0.4, -0.2) is 51.8 Å². The molecule has 1 aliphatic heterocycles. The number of piperidine rings is 1. The number of nitrogens with one attached hydrogen (secondary N) is 2. The lowest BCUT2D eigenvalue weighted by molar-refractivity contribution is -0.122. The van der Waals surface area contributed by atoms with E-state index in [1.54, 1.807) is 62.4 Å². The maximum Gasteiger partial charge on any atom is 0.262 e. The number of Topliss-reactive ketones (excluding diaryl/α,β-unsaturated/α-hetero) is 1. The number of ketones is 1. The van der Waals surface area contributed by atoms with Crippen molar-refractivity contribution in [1.82, 2.24) is 4.31 Å². The predicted molar refractivity (Wildman–Crippen MR) is 177 cm³/mol. The third-order valence-corrected chi connectivity index (χ3v) is 12.0. The summed E-state index contributed by atoms with van der Waals surface area (Å²) in [5.74, 6) is -0.386.